The lowest BCUT2D eigenvalue weighted by atomic mass is 9.85. The maximum absolute atomic E-state index is 13.7. The fourth-order valence-electron chi connectivity index (χ4n) is 2.83. The van der Waals surface area contributed by atoms with Crippen molar-refractivity contribution in [3.63, 3.8) is 0 Å². The Labute approximate surface area is 125 Å². The van der Waals surface area contributed by atoms with Gasteiger partial charge in [0.1, 0.15) is 0 Å². The van der Waals surface area contributed by atoms with Gasteiger partial charge in [0.05, 0.1) is 0 Å². The minimum absolute atomic E-state index is 0.209. The van der Waals surface area contributed by atoms with Gasteiger partial charge in [0.25, 0.3) is 10.0 Å². The highest BCUT2D eigenvalue weighted by Gasteiger charge is 2.35. The number of hydrogen-bond donors (Lipinski definition) is 2. The van der Waals surface area contributed by atoms with E-state index in [1.807, 2.05) is 0 Å². The number of hydrogen-bond acceptors (Lipinski definition) is 4. The van der Waals surface area contributed by atoms with Crippen molar-refractivity contribution in [2.75, 3.05) is 6.54 Å². The molecule has 1 saturated carbocycles. The average Bonchev–Trinajstić information content (AvgIpc) is 2.42. The van der Waals surface area contributed by atoms with Gasteiger partial charge >= 0.3 is 0 Å². The van der Waals surface area contributed by atoms with Crippen molar-refractivity contribution in [2.45, 2.75) is 55.5 Å². The Bertz CT molecular complexity index is 569. The van der Waals surface area contributed by atoms with Crippen LogP contribution in [-0.2, 0) is 10.0 Å². The van der Waals surface area contributed by atoms with Crippen LogP contribution in [0.1, 0.15) is 44.9 Å². The quantitative estimate of drug-likeness (QED) is 0.889. The number of halogens is 1. The van der Waals surface area contributed by atoms with Crippen LogP contribution in [0, 0.1) is 5.82 Å². The van der Waals surface area contributed by atoms with Gasteiger partial charge < -0.3 is 5.73 Å². The van der Waals surface area contributed by atoms with Crippen molar-refractivity contribution in [1.29, 1.82) is 0 Å². The molecule has 2 rings (SSSR count). The third kappa shape index (κ3) is 3.99. The van der Waals surface area contributed by atoms with E-state index in [9.17, 15) is 12.8 Å². The van der Waals surface area contributed by atoms with Crippen molar-refractivity contribution in [1.82, 2.24) is 9.71 Å². The predicted molar refractivity (Wildman–Crippen MR) is 78.6 cm³/mol. The van der Waals surface area contributed by atoms with Crippen LogP contribution in [0.15, 0.2) is 23.4 Å². The molecule has 1 aromatic rings. The predicted octanol–water partition coefficient (Wildman–Crippen LogP) is 1.94. The third-order valence-electron chi connectivity index (χ3n) is 4.03. The number of rotatable bonds is 4. The van der Waals surface area contributed by atoms with Gasteiger partial charge in [0.15, 0.2) is 5.82 Å². The summed E-state index contributed by atoms with van der Waals surface area (Å²) >= 11 is 0. The highest BCUT2D eigenvalue weighted by atomic mass is 32.2. The maximum Gasteiger partial charge on any atom is 0.261 e. The lowest BCUT2D eigenvalue weighted by Crippen LogP contribution is -2.54. The molecule has 0 atom stereocenters. The van der Waals surface area contributed by atoms with Crippen LogP contribution in [0.3, 0.4) is 0 Å². The SMILES string of the molecule is NCC1(NS(=O)(=O)c2ncccc2F)CCCCCCC1. The smallest absolute Gasteiger partial charge is 0.261 e. The molecular formula is C14H22FN3O2S. The molecule has 3 N–H and O–H groups in total. The molecule has 0 spiro atoms. The lowest BCUT2D eigenvalue weighted by Gasteiger charge is -2.34. The van der Waals surface area contributed by atoms with E-state index in [0.717, 1.165) is 31.7 Å². The first-order valence-corrected chi connectivity index (χ1v) is 8.82. The van der Waals surface area contributed by atoms with Crippen molar-refractivity contribution in [3.8, 4) is 0 Å². The third-order valence-corrected chi connectivity index (χ3v) is 5.54. The molecule has 0 bridgehead atoms. The van der Waals surface area contributed by atoms with E-state index in [1.165, 1.54) is 18.7 Å². The van der Waals surface area contributed by atoms with Crippen molar-refractivity contribution in [3.05, 3.63) is 24.1 Å². The van der Waals surface area contributed by atoms with E-state index in [-0.39, 0.29) is 6.54 Å². The molecule has 21 heavy (non-hydrogen) atoms. The summed E-state index contributed by atoms with van der Waals surface area (Å²) in [5.41, 5.74) is 5.15. The number of nitrogens with two attached hydrogens (primary N) is 1. The Kier molecular flexibility index (Phi) is 5.29. The number of nitrogens with zero attached hydrogens (tertiary/aromatic N) is 1. The molecule has 0 unspecified atom stereocenters. The molecule has 5 nitrogen and oxygen atoms in total. The second kappa shape index (κ2) is 6.81. The normalized spacial score (nSPS) is 19.7. The molecular weight excluding hydrogens is 293 g/mol. The second-order valence-electron chi connectivity index (χ2n) is 5.65. The van der Waals surface area contributed by atoms with Gasteiger partial charge in [-0.15, -0.1) is 0 Å². The van der Waals surface area contributed by atoms with Crippen molar-refractivity contribution >= 4 is 10.0 Å². The lowest BCUT2D eigenvalue weighted by molar-refractivity contribution is 0.295. The summed E-state index contributed by atoms with van der Waals surface area (Å²) in [4.78, 5) is 3.66. The largest absolute Gasteiger partial charge is 0.329 e. The Hall–Kier alpha value is -1.05. The Morgan fingerprint density at radius 2 is 1.86 bits per heavy atom. The van der Waals surface area contributed by atoms with Gasteiger partial charge in [-0.2, -0.15) is 0 Å². The molecule has 1 aromatic heterocycles. The van der Waals surface area contributed by atoms with Crippen LogP contribution < -0.4 is 10.5 Å². The molecule has 0 amide bonds. The Morgan fingerprint density at radius 3 is 2.43 bits per heavy atom. The zero-order valence-corrected chi connectivity index (χ0v) is 12.8. The second-order valence-corrected chi connectivity index (χ2v) is 7.25. The zero-order valence-electron chi connectivity index (χ0n) is 12.0. The van der Waals surface area contributed by atoms with Gasteiger partial charge in [-0.05, 0) is 25.0 Å². The van der Waals surface area contributed by atoms with Gasteiger partial charge in [-0.1, -0.05) is 32.1 Å². The van der Waals surface area contributed by atoms with E-state index in [2.05, 4.69) is 9.71 Å². The number of pyridine rings is 1. The molecule has 0 aromatic carbocycles. The topological polar surface area (TPSA) is 85.1 Å². The molecule has 0 saturated heterocycles. The molecule has 1 heterocycles. The summed E-state index contributed by atoms with van der Waals surface area (Å²) in [6.07, 6.45) is 7.78. The van der Waals surface area contributed by atoms with Crippen LogP contribution in [0.5, 0.6) is 0 Å². The zero-order chi connectivity index (χ0) is 15.3. The Balaban J connectivity index is 2.25. The minimum Gasteiger partial charge on any atom is -0.329 e. The fourth-order valence-corrected chi connectivity index (χ4v) is 4.31. The first kappa shape index (κ1) is 16.3. The summed E-state index contributed by atoms with van der Waals surface area (Å²) < 4.78 is 41.2. The first-order chi connectivity index (χ1) is 9.99. The molecule has 118 valence electrons. The average molecular weight is 315 g/mol. The van der Waals surface area contributed by atoms with Crippen LogP contribution in [-0.4, -0.2) is 25.5 Å². The van der Waals surface area contributed by atoms with Gasteiger partial charge in [-0.3, -0.25) is 0 Å². The van der Waals surface area contributed by atoms with Gasteiger partial charge in [-0.25, -0.2) is 22.5 Å². The van der Waals surface area contributed by atoms with E-state index < -0.39 is 26.4 Å². The molecule has 7 heteroatoms. The van der Waals surface area contributed by atoms with E-state index in [0.29, 0.717) is 12.8 Å². The summed E-state index contributed by atoms with van der Waals surface area (Å²) in [7, 11) is -4.01. The fraction of sp³-hybridized carbons (Fsp3) is 0.643. The van der Waals surface area contributed by atoms with E-state index >= 15 is 0 Å². The van der Waals surface area contributed by atoms with Crippen molar-refractivity contribution in [2.24, 2.45) is 5.73 Å². The first-order valence-electron chi connectivity index (χ1n) is 7.34. The van der Waals surface area contributed by atoms with E-state index in [1.54, 1.807) is 0 Å². The van der Waals surface area contributed by atoms with Crippen LogP contribution >= 0.6 is 0 Å². The van der Waals surface area contributed by atoms with Crippen molar-refractivity contribution < 1.29 is 12.8 Å². The van der Waals surface area contributed by atoms with E-state index in [4.69, 9.17) is 5.73 Å². The monoisotopic (exact) mass is 315 g/mol. The summed E-state index contributed by atoms with van der Waals surface area (Å²) in [6, 6.07) is 2.46. The van der Waals surface area contributed by atoms with Crippen LogP contribution in [0.4, 0.5) is 4.39 Å². The van der Waals surface area contributed by atoms with Gasteiger partial charge in [0.2, 0.25) is 5.03 Å². The number of sulfonamides is 1. The molecule has 1 fully saturated rings. The van der Waals surface area contributed by atoms with Gasteiger partial charge in [0, 0.05) is 18.3 Å². The highest BCUT2D eigenvalue weighted by molar-refractivity contribution is 7.89. The van der Waals surface area contributed by atoms with Crippen LogP contribution in [0.2, 0.25) is 0 Å². The summed E-state index contributed by atoms with van der Waals surface area (Å²) in [5.74, 6) is -0.844. The highest BCUT2D eigenvalue weighted by Crippen LogP contribution is 2.27. The number of nitrogens with one attached hydrogen (secondary N) is 1. The number of aromatic nitrogens is 1. The summed E-state index contributed by atoms with van der Waals surface area (Å²) in [5, 5.41) is -0.556. The minimum atomic E-state index is -4.01. The molecule has 0 radical (unpaired) electrons. The summed E-state index contributed by atoms with van der Waals surface area (Å²) in [6.45, 7) is 0.209. The molecule has 1 aliphatic carbocycles. The molecule has 0 aliphatic heterocycles. The molecule has 1 aliphatic rings. The Morgan fingerprint density at radius 1 is 1.24 bits per heavy atom. The standard InChI is InChI=1S/C14H22FN3O2S/c15-12-7-6-10-17-13(12)21(19,20)18-14(11-16)8-4-2-1-3-5-9-14/h6-7,10,18H,1-5,8-9,11,16H2. The maximum atomic E-state index is 13.7. The van der Waals surface area contributed by atoms with Crippen LogP contribution in [0.25, 0.3) is 0 Å².